The molecule has 0 N–H and O–H groups in total. The summed E-state index contributed by atoms with van der Waals surface area (Å²) >= 11 is 1.12. The van der Waals surface area contributed by atoms with Crippen molar-refractivity contribution in [2.45, 2.75) is 24.1 Å². The van der Waals surface area contributed by atoms with E-state index in [-0.39, 0.29) is 24.8 Å². The van der Waals surface area contributed by atoms with Gasteiger partial charge in [-0.05, 0) is 48.9 Å². The first-order valence-corrected chi connectivity index (χ1v) is 11.5. The molecule has 0 unspecified atom stereocenters. The summed E-state index contributed by atoms with van der Waals surface area (Å²) in [6.07, 6.45) is -2.25. The molecule has 1 aromatic carbocycles. The number of thiophene rings is 1. The Balaban J connectivity index is 1.97. The highest BCUT2D eigenvalue weighted by molar-refractivity contribution is 7.89. The number of halogens is 3. The second-order valence-corrected chi connectivity index (χ2v) is 9.93. The summed E-state index contributed by atoms with van der Waals surface area (Å²) in [5.41, 5.74) is -0.943. The molecule has 1 atom stereocenters. The monoisotopic (exact) mass is 475 g/mol. The molecule has 3 rings (SSSR count). The van der Waals surface area contributed by atoms with Crippen LogP contribution in [0, 0.1) is 0 Å². The van der Waals surface area contributed by atoms with E-state index in [0.717, 1.165) is 21.7 Å². The van der Waals surface area contributed by atoms with Crippen LogP contribution in [0.1, 0.15) is 17.4 Å². The molecule has 1 saturated heterocycles. The zero-order valence-corrected chi connectivity index (χ0v) is 18.3. The van der Waals surface area contributed by atoms with Crippen molar-refractivity contribution in [3.8, 4) is 10.4 Å². The number of nitrogens with zero attached hydrogens (tertiary/aromatic N) is 1. The molecule has 2 heterocycles. The summed E-state index contributed by atoms with van der Waals surface area (Å²) in [7, 11) is -2.84. The van der Waals surface area contributed by atoms with Gasteiger partial charge in [-0.15, -0.1) is 11.3 Å². The summed E-state index contributed by atoms with van der Waals surface area (Å²) in [4.78, 5) is 12.0. The highest BCUT2D eigenvalue weighted by atomic mass is 32.2. The van der Waals surface area contributed by atoms with E-state index in [1.165, 1.54) is 25.3 Å². The first-order valence-electron chi connectivity index (χ1n) is 9.26. The molecule has 0 radical (unpaired) electrons. The number of likely N-dealkylation sites (N-methyl/N-ethyl adjacent to an activating group) is 1. The summed E-state index contributed by atoms with van der Waals surface area (Å²) in [6.45, 7) is 2.38. The summed E-state index contributed by atoms with van der Waals surface area (Å²) in [5, 5.41) is 0. The third-order valence-electron chi connectivity index (χ3n) is 4.39. The van der Waals surface area contributed by atoms with E-state index in [1.807, 2.05) is 0 Å². The van der Waals surface area contributed by atoms with E-state index >= 15 is 0 Å². The molecule has 31 heavy (non-hydrogen) atoms. The number of alkyl halides is 3. The van der Waals surface area contributed by atoms with Crippen LogP contribution < -0.4 is 0 Å². The number of hydrogen-bond donors (Lipinski definition) is 0. The number of ether oxygens (including phenoxy) is 2. The Morgan fingerprint density at radius 2 is 2.03 bits per heavy atom. The van der Waals surface area contributed by atoms with Gasteiger partial charge in [0.1, 0.15) is 0 Å². The van der Waals surface area contributed by atoms with Crippen LogP contribution in [0.5, 0.6) is 0 Å². The fourth-order valence-corrected chi connectivity index (χ4v) is 4.90. The molecule has 1 aromatic heterocycles. The standard InChI is InChI=1S/C20H20F3NO5S2/c1-3-28-19(25)7-5-16-4-6-18(30-16)13-8-14(20(21,22)23)10-17(9-13)31(26,27)24(2)11-15-12-29-15/h4-10,15H,3,11-12H2,1-2H3/b7-5+/t15-/m0/s1. The van der Waals surface area contributed by atoms with Crippen LogP contribution >= 0.6 is 11.3 Å². The van der Waals surface area contributed by atoms with Crippen LogP contribution in [-0.4, -0.2) is 51.6 Å². The third-order valence-corrected chi connectivity index (χ3v) is 7.29. The molecule has 0 amide bonds. The molecular formula is C20H20F3NO5S2. The number of hydrogen-bond acceptors (Lipinski definition) is 6. The lowest BCUT2D eigenvalue weighted by Gasteiger charge is -2.18. The fourth-order valence-electron chi connectivity index (χ4n) is 2.73. The van der Waals surface area contributed by atoms with Crippen molar-refractivity contribution in [3.63, 3.8) is 0 Å². The summed E-state index contributed by atoms with van der Waals surface area (Å²) in [5.74, 6) is -0.535. The average molecular weight is 476 g/mol. The lowest BCUT2D eigenvalue weighted by Crippen LogP contribution is -2.30. The smallest absolute Gasteiger partial charge is 0.416 e. The molecule has 1 aliphatic rings. The average Bonchev–Trinajstić information content (AvgIpc) is 3.38. The van der Waals surface area contributed by atoms with Crippen molar-refractivity contribution in [3.05, 3.63) is 46.8 Å². The molecule has 1 aliphatic heterocycles. The second kappa shape index (κ2) is 9.11. The molecule has 6 nitrogen and oxygen atoms in total. The Morgan fingerprint density at radius 1 is 1.32 bits per heavy atom. The van der Waals surface area contributed by atoms with Crippen LogP contribution in [0.2, 0.25) is 0 Å². The predicted molar refractivity (Wildman–Crippen MR) is 110 cm³/mol. The highest BCUT2D eigenvalue weighted by Gasteiger charge is 2.35. The van der Waals surface area contributed by atoms with E-state index in [2.05, 4.69) is 0 Å². The van der Waals surface area contributed by atoms with E-state index in [4.69, 9.17) is 9.47 Å². The normalized spacial score (nSPS) is 16.8. The minimum atomic E-state index is -4.72. The largest absolute Gasteiger partial charge is 0.463 e. The Bertz CT molecular complexity index is 1090. The maximum atomic E-state index is 13.5. The minimum Gasteiger partial charge on any atom is -0.463 e. The van der Waals surface area contributed by atoms with Crippen molar-refractivity contribution in [2.24, 2.45) is 0 Å². The molecule has 0 bridgehead atoms. The maximum absolute atomic E-state index is 13.5. The molecule has 0 aliphatic carbocycles. The molecule has 168 valence electrons. The van der Waals surface area contributed by atoms with Crippen LogP contribution in [0.15, 0.2) is 41.3 Å². The number of esters is 1. The van der Waals surface area contributed by atoms with Gasteiger partial charge in [-0.2, -0.15) is 17.5 Å². The molecule has 2 aromatic rings. The van der Waals surface area contributed by atoms with Gasteiger partial charge in [-0.1, -0.05) is 0 Å². The molecule has 0 saturated carbocycles. The van der Waals surface area contributed by atoms with Crippen molar-refractivity contribution < 1.29 is 35.9 Å². The van der Waals surface area contributed by atoms with E-state index < -0.39 is 32.6 Å². The van der Waals surface area contributed by atoms with Crippen molar-refractivity contribution >= 4 is 33.4 Å². The van der Waals surface area contributed by atoms with Gasteiger partial charge in [-0.3, -0.25) is 0 Å². The van der Waals surface area contributed by atoms with Gasteiger partial charge in [0.25, 0.3) is 0 Å². The predicted octanol–water partition coefficient (Wildman–Crippen LogP) is 4.03. The molecule has 1 fully saturated rings. The zero-order chi connectivity index (χ0) is 22.8. The lowest BCUT2D eigenvalue weighted by molar-refractivity contribution is -0.138. The van der Waals surface area contributed by atoms with E-state index in [9.17, 15) is 26.4 Å². The number of epoxide rings is 1. The number of carbonyl (C=O) groups excluding carboxylic acids is 1. The van der Waals surface area contributed by atoms with Crippen molar-refractivity contribution in [2.75, 3.05) is 26.8 Å². The topological polar surface area (TPSA) is 76.2 Å². The quantitative estimate of drug-likeness (QED) is 0.327. The van der Waals surface area contributed by atoms with Crippen LogP contribution in [0.3, 0.4) is 0 Å². The molecular weight excluding hydrogens is 455 g/mol. The molecule has 11 heteroatoms. The molecule has 0 spiro atoms. The van der Waals surface area contributed by atoms with Gasteiger partial charge in [0.2, 0.25) is 10.0 Å². The lowest BCUT2D eigenvalue weighted by atomic mass is 10.1. The SMILES string of the molecule is CCOC(=O)/C=C/c1ccc(-c2cc(C(F)(F)F)cc(S(=O)(=O)N(C)C[C@H]3CO3)c2)s1. The third kappa shape index (κ3) is 5.94. The van der Waals surface area contributed by atoms with Gasteiger partial charge < -0.3 is 9.47 Å². The van der Waals surface area contributed by atoms with Crippen LogP contribution in [0.4, 0.5) is 13.2 Å². The first-order chi connectivity index (χ1) is 14.5. The Labute approximate surface area is 181 Å². The van der Waals surface area contributed by atoms with Crippen molar-refractivity contribution in [1.82, 2.24) is 4.31 Å². The van der Waals surface area contributed by atoms with E-state index in [1.54, 1.807) is 19.1 Å². The zero-order valence-electron chi connectivity index (χ0n) is 16.7. The van der Waals surface area contributed by atoms with Crippen molar-refractivity contribution in [1.29, 1.82) is 0 Å². The van der Waals surface area contributed by atoms with Gasteiger partial charge in [0.15, 0.2) is 0 Å². The number of rotatable bonds is 8. The highest BCUT2D eigenvalue weighted by Crippen LogP contribution is 2.37. The van der Waals surface area contributed by atoms with Gasteiger partial charge >= 0.3 is 12.1 Å². The van der Waals surface area contributed by atoms with Gasteiger partial charge in [0, 0.05) is 29.4 Å². The summed E-state index contributed by atoms with van der Waals surface area (Å²) in [6, 6.07) is 5.97. The Hall–Kier alpha value is -2.21. The number of carbonyl (C=O) groups is 1. The fraction of sp³-hybridized carbons (Fsp3) is 0.350. The van der Waals surface area contributed by atoms with Crippen LogP contribution in [-0.2, 0) is 30.5 Å². The second-order valence-electron chi connectivity index (χ2n) is 6.77. The van der Waals surface area contributed by atoms with Gasteiger partial charge in [-0.25, -0.2) is 13.2 Å². The summed E-state index contributed by atoms with van der Waals surface area (Å²) < 4.78 is 76.9. The number of sulfonamides is 1. The first kappa shape index (κ1) is 23.5. The Kier molecular flexibility index (Phi) is 6.89. The Morgan fingerprint density at radius 3 is 2.65 bits per heavy atom. The number of benzene rings is 1. The van der Waals surface area contributed by atoms with Gasteiger partial charge in [0.05, 0.1) is 29.8 Å². The van der Waals surface area contributed by atoms with Crippen LogP contribution in [0.25, 0.3) is 16.5 Å². The van der Waals surface area contributed by atoms with E-state index in [0.29, 0.717) is 22.4 Å². The minimum absolute atomic E-state index is 0.0652. The maximum Gasteiger partial charge on any atom is 0.416 e.